The summed E-state index contributed by atoms with van der Waals surface area (Å²) in [5, 5.41) is 0. The van der Waals surface area contributed by atoms with Crippen molar-refractivity contribution in [1.29, 1.82) is 0 Å². The Morgan fingerprint density at radius 1 is 1.50 bits per heavy atom. The van der Waals surface area contributed by atoms with Gasteiger partial charge < -0.3 is 0 Å². The highest BCUT2D eigenvalue weighted by Gasteiger charge is 1.86. The molecule has 1 aromatic rings. The van der Waals surface area contributed by atoms with Crippen LogP contribution < -0.4 is 0 Å². The molecule has 1 nitrogen and oxygen atoms in total. The van der Waals surface area contributed by atoms with Gasteiger partial charge in [-0.25, -0.2) is 4.98 Å². The maximum absolute atomic E-state index is 12.1. The zero-order valence-corrected chi connectivity index (χ0v) is 6.07. The minimum atomic E-state index is -0.458. The van der Waals surface area contributed by atoms with Gasteiger partial charge in [0.25, 0.3) is 0 Å². The Hall–Kier alpha value is -0.890. The second-order valence-electron chi connectivity index (χ2n) is 1.62. The first-order valence-electron chi connectivity index (χ1n) is 2.57. The quantitative estimate of drug-likeness (QED) is 0.573. The van der Waals surface area contributed by atoms with Crippen molar-refractivity contribution in [2.75, 3.05) is 0 Å². The molecule has 0 saturated heterocycles. The lowest BCUT2D eigenvalue weighted by Crippen LogP contribution is -1.79. The Balaban J connectivity index is 0.000000810. The number of pyridine rings is 1. The van der Waals surface area contributed by atoms with E-state index in [1.165, 1.54) is 12.3 Å². The lowest BCUT2D eigenvalue weighted by atomic mass is 10.3. The van der Waals surface area contributed by atoms with E-state index in [1.807, 2.05) is 0 Å². The first kappa shape index (κ1) is 9.11. The molecule has 0 amide bonds. The van der Waals surface area contributed by atoms with Gasteiger partial charge in [0.05, 0.1) is 0 Å². The first-order valence-corrected chi connectivity index (χ1v) is 2.57. The van der Waals surface area contributed by atoms with Crippen LogP contribution in [-0.4, -0.2) is 4.98 Å². The van der Waals surface area contributed by atoms with Gasteiger partial charge in [0.2, 0.25) is 5.95 Å². The highest BCUT2D eigenvalue weighted by atomic mass is 35.5. The smallest absolute Gasteiger partial charge is 0.212 e. The minimum Gasteiger partial charge on any atom is -0.228 e. The van der Waals surface area contributed by atoms with Crippen LogP contribution in [0.1, 0.15) is 5.56 Å². The summed E-state index contributed by atoms with van der Waals surface area (Å²) in [4.78, 5) is 3.41. The molecule has 0 aliphatic heterocycles. The average Bonchev–Trinajstić information content (AvgIpc) is 1.90. The third kappa shape index (κ3) is 2.15. The molecule has 0 spiro atoms. The van der Waals surface area contributed by atoms with E-state index in [0.29, 0.717) is 0 Å². The maximum atomic E-state index is 12.1. The molecule has 10 heavy (non-hydrogen) atoms. The predicted octanol–water partition coefficient (Wildman–Crippen LogP) is 2.29. The fourth-order valence-electron chi connectivity index (χ4n) is 0.508. The molecule has 0 aromatic carbocycles. The maximum Gasteiger partial charge on any atom is 0.212 e. The van der Waals surface area contributed by atoms with Gasteiger partial charge in [-0.2, -0.15) is 4.39 Å². The highest BCUT2D eigenvalue weighted by Crippen LogP contribution is 1.98. The zero-order chi connectivity index (χ0) is 6.69. The van der Waals surface area contributed by atoms with Gasteiger partial charge in [-0.1, -0.05) is 12.7 Å². The van der Waals surface area contributed by atoms with E-state index < -0.39 is 5.95 Å². The van der Waals surface area contributed by atoms with E-state index in [4.69, 9.17) is 0 Å². The van der Waals surface area contributed by atoms with Gasteiger partial charge in [-0.05, 0) is 17.7 Å². The van der Waals surface area contributed by atoms with E-state index >= 15 is 0 Å². The van der Waals surface area contributed by atoms with Crippen LogP contribution >= 0.6 is 12.4 Å². The molecular formula is C7H7ClFN. The molecule has 0 N–H and O–H groups in total. The van der Waals surface area contributed by atoms with Gasteiger partial charge in [0.15, 0.2) is 0 Å². The van der Waals surface area contributed by atoms with E-state index in [-0.39, 0.29) is 12.4 Å². The predicted molar refractivity (Wildman–Crippen MR) is 41.5 cm³/mol. The fourth-order valence-corrected chi connectivity index (χ4v) is 0.508. The van der Waals surface area contributed by atoms with Gasteiger partial charge in [0.1, 0.15) is 0 Å². The first-order chi connectivity index (χ1) is 4.33. The molecule has 1 aromatic heterocycles. The third-order valence-corrected chi connectivity index (χ3v) is 0.986. The Morgan fingerprint density at radius 2 is 2.20 bits per heavy atom. The van der Waals surface area contributed by atoms with Crippen LogP contribution in [0.3, 0.4) is 0 Å². The fraction of sp³-hybridized carbons (Fsp3) is 0. The van der Waals surface area contributed by atoms with E-state index in [2.05, 4.69) is 11.6 Å². The summed E-state index contributed by atoms with van der Waals surface area (Å²) in [6.45, 7) is 3.50. The van der Waals surface area contributed by atoms with Crippen molar-refractivity contribution in [2.24, 2.45) is 0 Å². The van der Waals surface area contributed by atoms with Crippen molar-refractivity contribution in [3.63, 3.8) is 0 Å². The molecule has 0 aliphatic carbocycles. The Bertz CT molecular complexity index is 207. The summed E-state index contributed by atoms with van der Waals surface area (Å²) in [6, 6.07) is 2.92. The van der Waals surface area contributed by atoms with Crippen molar-refractivity contribution in [1.82, 2.24) is 4.98 Å². The average molecular weight is 160 g/mol. The minimum absolute atomic E-state index is 0. The van der Waals surface area contributed by atoms with Crippen LogP contribution in [0, 0.1) is 5.95 Å². The van der Waals surface area contributed by atoms with E-state index in [9.17, 15) is 4.39 Å². The summed E-state index contributed by atoms with van der Waals surface area (Å²) in [5.41, 5.74) is 0.830. The third-order valence-electron chi connectivity index (χ3n) is 0.986. The van der Waals surface area contributed by atoms with Crippen molar-refractivity contribution in [2.45, 2.75) is 0 Å². The van der Waals surface area contributed by atoms with Crippen molar-refractivity contribution < 1.29 is 4.39 Å². The van der Waals surface area contributed by atoms with Crippen LogP contribution in [0.5, 0.6) is 0 Å². The molecule has 54 valence electrons. The lowest BCUT2D eigenvalue weighted by molar-refractivity contribution is 0.583. The largest absolute Gasteiger partial charge is 0.228 e. The number of hydrogen-bond acceptors (Lipinski definition) is 1. The van der Waals surface area contributed by atoms with Gasteiger partial charge in [-0.15, -0.1) is 12.4 Å². The second-order valence-corrected chi connectivity index (χ2v) is 1.62. The standard InChI is InChI=1S/C7H6FN.ClH/c1-2-6-3-4-7(8)9-5-6;/h2-5H,1H2;1H. The number of hydrogen-bond donors (Lipinski definition) is 0. The van der Waals surface area contributed by atoms with Crippen molar-refractivity contribution >= 4 is 18.5 Å². The molecule has 0 bridgehead atoms. The van der Waals surface area contributed by atoms with Crippen LogP contribution in [0.25, 0.3) is 6.08 Å². The summed E-state index contributed by atoms with van der Waals surface area (Å²) >= 11 is 0. The molecule has 0 unspecified atom stereocenters. The van der Waals surface area contributed by atoms with Crippen LogP contribution in [0.4, 0.5) is 4.39 Å². The van der Waals surface area contributed by atoms with E-state index in [0.717, 1.165) is 5.56 Å². The Morgan fingerprint density at radius 3 is 2.60 bits per heavy atom. The normalized spacial score (nSPS) is 8.10. The Kier molecular flexibility index (Phi) is 3.65. The monoisotopic (exact) mass is 159 g/mol. The Labute approximate surface area is 65.0 Å². The molecule has 0 saturated carbocycles. The van der Waals surface area contributed by atoms with Gasteiger partial charge in [-0.3, -0.25) is 0 Å². The topological polar surface area (TPSA) is 12.9 Å². The molecule has 3 heteroatoms. The summed E-state index contributed by atoms with van der Waals surface area (Å²) < 4.78 is 12.1. The number of nitrogens with zero attached hydrogens (tertiary/aromatic N) is 1. The van der Waals surface area contributed by atoms with Crippen LogP contribution in [0.2, 0.25) is 0 Å². The summed E-state index contributed by atoms with van der Waals surface area (Å²) in [7, 11) is 0. The number of rotatable bonds is 1. The number of halogens is 2. The molecular weight excluding hydrogens is 153 g/mol. The molecule has 0 aliphatic rings. The van der Waals surface area contributed by atoms with Crippen molar-refractivity contribution in [3.05, 3.63) is 36.4 Å². The molecule has 1 heterocycles. The van der Waals surface area contributed by atoms with Crippen LogP contribution in [-0.2, 0) is 0 Å². The van der Waals surface area contributed by atoms with E-state index in [1.54, 1.807) is 12.1 Å². The van der Waals surface area contributed by atoms with Crippen molar-refractivity contribution in [3.8, 4) is 0 Å². The van der Waals surface area contributed by atoms with Crippen LogP contribution in [0.15, 0.2) is 24.9 Å². The second kappa shape index (κ2) is 4.01. The zero-order valence-electron chi connectivity index (χ0n) is 5.25. The number of aromatic nitrogens is 1. The summed E-state index contributed by atoms with van der Waals surface area (Å²) in [5.74, 6) is -0.458. The molecule has 0 radical (unpaired) electrons. The molecule has 0 fully saturated rings. The highest BCUT2D eigenvalue weighted by molar-refractivity contribution is 5.85. The summed E-state index contributed by atoms with van der Waals surface area (Å²) in [6.07, 6.45) is 3.05. The SMILES string of the molecule is C=Cc1ccc(F)nc1.Cl. The lowest BCUT2D eigenvalue weighted by Gasteiger charge is -1.87. The molecule has 0 atom stereocenters. The van der Waals surface area contributed by atoms with Gasteiger partial charge >= 0.3 is 0 Å². The van der Waals surface area contributed by atoms with Gasteiger partial charge in [0, 0.05) is 6.20 Å². The molecule has 1 rings (SSSR count).